The molecular weight excluding hydrogens is 165 g/mol. The highest BCUT2D eigenvalue weighted by Gasteiger charge is 1.80. The van der Waals surface area contributed by atoms with E-state index in [4.69, 9.17) is 0 Å². The monoisotopic (exact) mass is 169 g/mol. The Morgan fingerprint density at radius 1 is 1.00 bits per heavy atom. The van der Waals surface area contributed by atoms with Crippen molar-refractivity contribution in [2.24, 2.45) is 0 Å². The van der Waals surface area contributed by atoms with Gasteiger partial charge in [0.2, 0.25) is 0 Å². The Balaban J connectivity index is 2.95. The molecule has 2 rings (SSSR count). The highest BCUT2D eigenvalue weighted by molar-refractivity contribution is 8.20. The van der Waals surface area contributed by atoms with Crippen molar-refractivity contribution in [2.75, 3.05) is 0 Å². The molecular formula is C6H4P3-. The van der Waals surface area contributed by atoms with E-state index in [9.17, 15) is 0 Å². The van der Waals surface area contributed by atoms with Crippen molar-refractivity contribution in [3.05, 3.63) is 24.3 Å². The van der Waals surface area contributed by atoms with Crippen LogP contribution in [0.25, 0.3) is 10.2 Å². The average molecular weight is 169 g/mol. The predicted octanol–water partition coefficient (Wildman–Crippen LogP) is 4.30. The maximum absolute atomic E-state index is 2.21. The number of fused-ring (bicyclic) bond motifs is 1. The molecule has 0 unspecified atom stereocenters. The summed E-state index contributed by atoms with van der Waals surface area (Å²) in [6.07, 6.45) is 0. The van der Waals surface area contributed by atoms with Crippen LogP contribution >= 0.6 is 23.3 Å². The number of hydrogen-bond acceptors (Lipinski definition) is 0. The van der Waals surface area contributed by atoms with Crippen molar-refractivity contribution < 1.29 is 0 Å². The summed E-state index contributed by atoms with van der Waals surface area (Å²) in [7, 11) is 4.49. The molecule has 0 saturated carbocycles. The second kappa shape index (κ2) is 2.39. The van der Waals surface area contributed by atoms with Crippen LogP contribution < -0.4 is 0 Å². The van der Waals surface area contributed by atoms with E-state index in [-0.39, 0.29) is 0 Å². The van der Waals surface area contributed by atoms with Crippen LogP contribution in [0.2, 0.25) is 0 Å². The molecule has 0 aliphatic heterocycles. The largest absolute Gasteiger partial charge is 0.462 e. The molecule has 44 valence electrons. The van der Waals surface area contributed by atoms with E-state index >= 15 is 0 Å². The van der Waals surface area contributed by atoms with Crippen LogP contribution in [-0.4, -0.2) is 0 Å². The van der Waals surface area contributed by atoms with Crippen LogP contribution in [0.3, 0.4) is 0 Å². The van der Waals surface area contributed by atoms with Crippen LogP contribution in [-0.2, 0) is 0 Å². The lowest BCUT2D eigenvalue weighted by molar-refractivity contribution is 1.88. The van der Waals surface area contributed by atoms with Crippen LogP contribution in [0.5, 0.6) is 0 Å². The molecule has 3 heteroatoms. The maximum Gasteiger partial charge on any atom is -0.0215 e. The van der Waals surface area contributed by atoms with Gasteiger partial charge in [0.1, 0.15) is 0 Å². The Morgan fingerprint density at radius 3 is 2.11 bits per heavy atom. The van der Waals surface area contributed by atoms with Gasteiger partial charge in [-0.3, -0.25) is 15.7 Å². The van der Waals surface area contributed by atoms with E-state index < -0.39 is 0 Å². The minimum Gasteiger partial charge on any atom is -0.462 e. The van der Waals surface area contributed by atoms with Crippen molar-refractivity contribution in [2.45, 2.75) is 0 Å². The first kappa shape index (κ1) is 5.87. The molecule has 0 amide bonds. The minimum atomic E-state index is 1.48. The topological polar surface area (TPSA) is 0 Å². The van der Waals surface area contributed by atoms with E-state index in [2.05, 4.69) is 24.3 Å². The summed E-state index contributed by atoms with van der Waals surface area (Å²) < 4.78 is 0. The molecule has 0 aliphatic carbocycles. The lowest BCUT2D eigenvalue weighted by Crippen LogP contribution is -1.53. The van der Waals surface area contributed by atoms with E-state index in [0.29, 0.717) is 0 Å². The van der Waals surface area contributed by atoms with Gasteiger partial charge < -0.3 is 7.55 Å². The molecule has 0 fully saturated rings. The third-order valence-corrected chi connectivity index (χ3v) is 6.19. The first-order valence-corrected chi connectivity index (χ1v) is 6.77. The molecule has 0 atom stereocenters. The fraction of sp³-hybridized carbons (Fsp3) is 0. The zero-order valence-electron chi connectivity index (χ0n) is 4.65. The van der Waals surface area contributed by atoms with E-state index in [1.807, 2.05) is 0 Å². The molecule has 0 spiro atoms. The lowest BCUT2D eigenvalue weighted by Gasteiger charge is -1.85. The quantitative estimate of drug-likeness (QED) is 0.551. The molecule has 0 aliphatic rings. The van der Waals surface area contributed by atoms with Gasteiger partial charge in [0.15, 0.2) is 0 Å². The van der Waals surface area contributed by atoms with Gasteiger partial charge in [-0.15, -0.1) is 0 Å². The summed E-state index contributed by atoms with van der Waals surface area (Å²) in [5.74, 6) is 0. The average Bonchev–Trinajstić information content (AvgIpc) is 2.33. The third-order valence-electron chi connectivity index (χ3n) is 1.19. The normalized spacial score (nSPS) is 12.9. The van der Waals surface area contributed by atoms with Gasteiger partial charge in [-0.25, -0.2) is 0 Å². The summed E-state index contributed by atoms with van der Waals surface area (Å²) in [4.78, 5) is 0. The van der Waals surface area contributed by atoms with Crippen molar-refractivity contribution >= 4 is 33.5 Å². The molecule has 0 saturated heterocycles. The summed E-state index contributed by atoms with van der Waals surface area (Å²) in [5.41, 5.74) is 0. The molecule has 1 heterocycles. The Hall–Kier alpha value is 0.120. The van der Waals surface area contributed by atoms with Gasteiger partial charge in [0.05, 0.1) is 0 Å². The van der Waals surface area contributed by atoms with Gasteiger partial charge >= 0.3 is 0 Å². The van der Waals surface area contributed by atoms with Crippen molar-refractivity contribution in [1.29, 1.82) is 0 Å². The van der Waals surface area contributed by atoms with Gasteiger partial charge in [-0.1, -0.05) is 24.3 Å². The summed E-state index contributed by atoms with van der Waals surface area (Å²) in [6, 6.07) is 8.65. The smallest absolute Gasteiger partial charge is 0.0215 e. The van der Waals surface area contributed by atoms with E-state index in [0.717, 1.165) is 0 Å². The Morgan fingerprint density at radius 2 is 1.56 bits per heavy atom. The summed E-state index contributed by atoms with van der Waals surface area (Å²) in [5, 5.41) is 3.03. The molecule has 0 radical (unpaired) electrons. The first-order chi connectivity index (χ1) is 4.47. The zero-order chi connectivity index (χ0) is 6.10. The molecule has 0 N–H and O–H groups in total. The highest BCUT2D eigenvalue weighted by atomic mass is 32.1. The van der Waals surface area contributed by atoms with Crippen molar-refractivity contribution in [3.63, 3.8) is 0 Å². The van der Waals surface area contributed by atoms with Crippen LogP contribution in [0.15, 0.2) is 24.3 Å². The van der Waals surface area contributed by atoms with Gasteiger partial charge in [-0.2, -0.15) is 0 Å². The van der Waals surface area contributed by atoms with Gasteiger partial charge in [-0.05, 0) is 10.2 Å². The molecule has 1 aromatic heterocycles. The standard InChI is InChI=1S/C6H4P3/c1-2-4-6-5(3-1)7-9-8-6/h1-4H/q-1. The van der Waals surface area contributed by atoms with Gasteiger partial charge in [0.25, 0.3) is 0 Å². The van der Waals surface area contributed by atoms with Crippen molar-refractivity contribution in [1.82, 2.24) is 0 Å². The minimum absolute atomic E-state index is 1.48. The fourth-order valence-electron chi connectivity index (χ4n) is 0.752. The molecule has 2 aromatic rings. The second-order valence-electron chi connectivity index (χ2n) is 1.78. The molecule has 0 bridgehead atoms. The van der Waals surface area contributed by atoms with Crippen LogP contribution in [0.1, 0.15) is 0 Å². The fourth-order valence-corrected chi connectivity index (χ4v) is 6.32. The third kappa shape index (κ3) is 1.04. The SMILES string of the molecule is c1ccc2p[p-]pc2c1. The predicted molar refractivity (Wildman–Crippen MR) is 47.1 cm³/mol. The van der Waals surface area contributed by atoms with Crippen LogP contribution in [0, 0.1) is 0 Å². The highest BCUT2D eigenvalue weighted by Crippen LogP contribution is 2.43. The molecule has 1 aromatic carbocycles. The van der Waals surface area contributed by atoms with E-state index in [1.165, 1.54) is 33.5 Å². The number of hydrogen-bond donors (Lipinski definition) is 0. The Kier molecular flexibility index (Phi) is 1.56. The van der Waals surface area contributed by atoms with Crippen molar-refractivity contribution in [3.8, 4) is 0 Å². The summed E-state index contributed by atoms with van der Waals surface area (Å²) >= 11 is 0. The van der Waals surface area contributed by atoms with Crippen LogP contribution in [0.4, 0.5) is 0 Å². The second-order valence-corrected chi connectivity index (χ2v) is 6.67. The zero-order valence-corrected chi connectivity index (χ0v) is 7.33. The number of rotatable bonds is 0. The molecule has 0 nitrogen and oxygen atoms in total. The molecule has 9 heavy (non-hydrogen) atoms. The summed E-state index contributed by atoms with van der Waals surface area (Å²) in [6.45, 7) is 0. The van der Waals surface area contributed by atoms with Gasteiger partial charge in [0, 0.05) is 0 Å². The number of benzene rings is 1. The Labute approximate surface area is 58.4 Å². The lowest BCUT2D eigenvalue weighted by atomic mass is 10.4. The first-order valence-electron chi connectivity index (χ1n) is 2.67. The van der Waals surface area contributed by atoms with E-state index in [1.54, 1.807) is 0 Å². The Bertz CT molecular complexity index is 282. The maximum atomic E-state index is 2.21.